The number of unbranched alkanes of at least 4 members (excludes halogenated alkanes) is 6. The summed E-state index contributed by atoms with van der Waals surface area (Å²) >= 11 is 0. The zero-order chi connectivity index (χ0) is 22.1. The second-order valence-electron chi connectivity index (χ2n) is 8.62. The number of carbonyl (C=O) groups is 4. The van der Waals surface area contributed by atoms with Crippen molar-refractivity contribution in [2.75, 3.05) is 13.1 Å². The van der Waals surface area contributed by atoms with Crippen molar-refractivity contribution in [2.24, 2.45) is 5.92 Å². The summed E-state index contributed by atoms with van der Waals surface area (Å²) in [5, 5.41) is 0. The molecule has 0 fully saturated rings. The minimum absolute atomic E-state index is 0.190. The minimum Gasteiger partial charge on any atom is -0.275 e. The molecule has 1 unspecified atom stereocenters. The minimum atomic E-state index is -0.245. The molecule has 4 amide bonds. The van der Waals surface area contributed by atoms with Gasteiger partial charge in [-0.05, 0) is 39.0 Å². The molecule has 30 heavy (non-hydrogen) atoms. The Morgan fingerprint density at radius 2 is 1.20 bits per heavy atom. The molecule has 2 rings (SSSR count). The van der Waals surface area contributed by atoms with Gasteiger partial charge in [0.25, 0.3) is 23.6 Å². The highest BCUT2D eigenvalue weighted by atomic mass is 16.2. The number of imide groups is 2. The van der Waals surface area contributed by atoms with Crippen molar-refractivity contribution in [3.8, 4) is 0 Å². The van der Waals surface area contributed by atoms with E-state index in [0.717, 1.165) is 25.7 Å². The molecule has 166 valence electrons. The first-order valence-electron chi connectivity index (χ1n) is 11.4. The number of nitrogens with zero attached hydrogens (tertiary/aromatic N) is 2. The molecule has 6 heteroatoms. The molecule has 2 aliphatic heterocycles. The molecule has 2 aliphatic rings. The van der Waals surface area contributed by atoms with Crippen LogP contribution in [0.25, 0.3) is 0 Å². The molecule has 0 saturated carbocycles. The number of hydrogen-bond donors (Lipinski definition) is 0. The fourth-order valence-corrected chi connectivity index (χ4v) is 4.17. The molecule has 0 radical (unpaired) electrons. The summed E-state index contributed by atoms with van der Waals surface area (Å²) in [6.07, 6.45) is 13.7. The van der Waals surface area contributed by atoms with Crippen molar-refractivity contribution in [2.45, 2.75) is 85.0 Å². The third-order valence-electron chi connectivity index (χ3n) is 6.03. The Hall–Kier alpha value is -2.24. The largest absolute Gasteiger partial charge is 0.275 e. The zero-order valence-corrected chi connectivity index (χ0v) is 18.7. The maximum Gasteiger partial charge on any atom is 0.256 e. The van der Waals surface area contributed by atoms with Gasteiger partial charge in [0.05, 0.1) is 0 Å². The third kappa shape index (κ3) is 6.64. The van der Waals surface area contributed by atoms with Gasteiger partial charge in [-0.15, -0.1) is 0 Å². The zero-order valence-electron chi connectivity index (χ0n) is 18.7. The summed E-state index contributed by atoms with van der Waals surface area (Å²) in [6, 6.07) is 0. The summed E-state index contributed by atoms with van der Waals surface area (Å²) in [4.78, 5) is 51.0. The Bertz CT molecular complexity index is 723. The molecule has 0 saturated heterocycles. The summed E-state index contributed by atoms with van der Waals surface area (Å²) in [6.45, 7) is 6.34. The van der Waals surface area contributed by atoms with Gasteiger partial charge < -0.3 is 0 Å². The van der Waals surface area contributed by atoms with Crippen LogP contribution in [0.15, 0.2) is 23.3 Å². The highest BCUT2D eigenvalue weighted by Gasteiger charge is 2.31. The van der Waals surface area contributed by atoms with E-state index >= 15 is 0 Å². The maximum atomic E-state index is 12.3. The molecule has 0 aromatic carbocycles. The first kappa shape index (κ1) is 24.0. The van der Waals surface area contributed by atoms with Crippen LogP contribution in [0.5, 0.6) is 0 Å². The number of amides is 4. The van der Waals surface area contributed by atoms with E-state index in [1.807, 2.05) is 0 Å². The maximum absolute atomic E-state index is 12.3. The van der Waals surface area contributed by atoms with E-state index < -0.39 is 0 Å². The first-order valence-corrected chi connectivity index (χ1v) is 11.4. The molecule has 0 bridgehead atoms. The number of rotatable bonds is 14. The standard InChI is InChI=1S/C24H36N2O4/c1-4-5-6-7-8-9-10-12-20(17-26-22(28)16-19(3)24(26)30)13-11-14-25-21(27)15-18(2)23(25)29/h15-16,20H,4-14,17H2,1-3H3. The summed E-state index contributed by atoms with van der Waals surface area (Å²) in [5.41, 5.74) is 0.971. The van der Waals surface area contributed by atoms with E-state index in [2.05, 4.69) is 6.92 Å². The van der Waals surface area contributed by atoms with E-state index in [4.69, 9.17) is 0 Å². The molecule has 0 aliphatic carbocycles. The van der Waals surface area contributed by atoms with Crippen molar-refractivity contribution >= 4 is 23.6 Å². The molecule has 0 spiro atoms. The monoisotopic (exact) mass is 416 g/mol. The van der Waals surface area contributed by atoms with Gasteiger partial charge in [0.1, 0.15) is 0 Å². The second-order valence-corrected chi connectivity index (χ2v) is 8.62. The van der Waals surface area contributed by atoms with Crippen LogP contribution in [0.1, 0.15) is 85.0 Å². The lowest BCUT2D eigenvalue weighted by Crippen LogP contribution is -2.36. The number of carbonyl (C=O) groups excluding carboxylic acids is 4. The van der Waals surface area contributed by atoms with Gasteiger partial charge >= 0.3 is 0 Å². The van der Waals surface area contributed by atoms with Crippen LogP contribution in [-0.4, -0.2) is 46.5 Å². The predicted octanol–water partition coefficient (Wildman–Crippen LogP) is 4.15. The van der Waals surface area contributed by atoms with Crippen LogP contribution in [-0.2, 0) is 19.2 Å². The van der Waals surface area contributed by atoms with Gasteiger partial charge in [0, 0.05) is 36.4 Å². The Morgan fingerprint density at radius 1 is 0.700 bits per heavy atom. The fourth-order valence-electron chi connectivity index (χ4n) is 4.17. The van der Waals surface area contributed by atoms with Crippen LogP contribution in [0, 0.1) is 5.92 Å². The Labute approximate surface area is 180 Å². The summed E-state index contributed by atoms with van der Waals surface area (Å²) in [5.74, 6) is -0.699. The molecule has 6 nitrogen and oxygen atoms in total. The van der Waals surface area contributed by atoms with E-state index in [1.165, 1.54) is 54.1 Å². The Morgan fingerprint density at radius 3 is 1.73 bits per heavy atom. The van der Waals surface area contributed by atoms with Gasteiger partial charge in [-0.1, -0.05) is 51.9 Å². The van der Waals surface area contributed by atoms with Gasteiger partial charge in [0.2, 0.25) is 0 Å². The molecule has 2 heterocycles. The molecule has 0 N–H and O–H groups in total. The average Bonchev–Trinajstić information content (AvgIpc) is 3.09. The lowest BCUT2D eigenvalue weighted by molar-refractivity contribution is -0.138. The van der Waals surface area contributed by atoms with Crippen LogP contribution >= 0.6 is 0 Å². The van der Waals surface area contributed by atoms with Crippen molar-refractivity contribution in [1.82, 2.24) is 9.80 Å². The highest BCUT2D eigenvalue weighted by molar-refractivity contribution is 6.16. The SMILES string of the molecule is CCCCCCCCCC(CCCN1C(=O)C=C(C)C1=O)CN1C(=O)C=C(C)C1=O. The smallest absolute Gasteiger partial charge is 0.256 e. The predicted molar refractivity (Wildman–Crippen MR) is 116 cm³/mol. The van der Waals surface area contributed by atoms with E-state index in [9.17, 15) is 19.2 Å². The average molecular weight is 417 g/mol. The lowest BCUT2D eigenvalue weighted by atomic mass is 9.94. The van der Waals surface area contributed by atoms with E-state index in [-0.39, 0.29) is 29.5 Å². The molecule has 0 aromatic heterocycles. The van der Waals surface area contributed by atoms with Crippen molar-refractivity contribution in [3.63, 3.8) is 0 Å². The van der Waals surface area contributed by atoms with Gasteiger partial charge in [-0.25, -0.2) is 0 Å². The van der Waals surface area contributed by atoms with E-state index in [0.29, 0.717) is 30.7 Å². The Balaban J connectivity index is 1.82. The normalized spacial score (nSPS) is 17.8. The lowest BCUT2D eigenvalue weighted by Gasteiger charge is -2.24. The van der Waals surface area contributed by atoms with Crippen molar-refractivity contribution in [1.29, 1.82) is 0 Å². The van der Waals surface area contributed by atoms with Gasteiger partial charge in [0.15, 0.2) is 0 Å². The topological polar surface area (TPSA) is 74.8 Å². The first-order chi connectivity index (χ1) is 14.3. The summed E-state index contributed by atoms with van der Waals surface area (Å²) < 4.78 is 0. The summed E-state index contributed by atoms with van der Waals surface area (Å²) in [7, 11) is 0. The fraction of sp³-hybridized carbons (Fsp3) is 0.667. The van der Waals surface area contributed by atoms with Crippen LogP contribution < -0.4 is 0 Å². The van der Waals surface area contributed by atoms with Crippen LogP contribution in [0.3, 0.4) is 0 Å². The van der Waals surface area contributed by atoms with Crippen LogP contribution in [0.4, 0.5) is 0 Å². The van der Waals surface area contributed by atoms with Crippen LogP contribution in [0.2, 0.25) is 0 Å². The second kappa shape index (κ2) is 11.8. The molecular weight excluding hydrogens is 380 g/mol. The van der Waals surface area contributed by atoms with Gasteiger partial charge in [-0.3, -0.25) is 29.0 Å². The molecule has 1 atom stereocenters. The number of hydrogen-bond acceptors (Lipinski definition) is 4. The van der Waals surface area contributed by atoms with Crippen molar-refractivity contribution < 1.29 is 19.2 Å². The highest BCUT2D eigenvalue weighted by Crippen LogP contribution is 2.23. The Kier molecular flexibility index (Phi) is 9.47. The third-order valence-corrected chi connectivity index (χ3v) is 6.03. The van der Waals surface area contributed by atoms with E-state index in [1.54, 1.807) is 13.8 Å². The molecular formula is C24H36N2O4. The van der Waals surface area contributed by atoms with Crippen molar-refractivity contribution in [3.05, 3.63) is 23.3 Å². The quantitative estimate of drug-likeness (QED) is 0.315. The molecule has 0 aromatic rings. The van der Waals surface area contributed by atoms with Gasteiger partial charge in [-0.2, -0.15) is 0 Å².